The average molecular weight is 267 g/mol. The number of nitrogens with one attached hydrogen (secondary N) is 1. The van der Waals surface area contributed by atoms with Crippen LogP contribution < -0.4 is 20.5 Å². The molecule has 0 aliphatic heterocycles. The van der Waals surface area contributed by atoms with E-state index in [2.05, 4.69) is 31.1 Å². The maximum atomic E-state index is 5.99. The third kappa shape index (κ3) is 4.21. The van der Waals surface area contributed by atoms with E-state index in [1.54, 1.807) is 20.3 Å². The topological polar surface area (TPSA) is 59.8 Å². The largest absolute Gasteiger partial charge is 0.493 e. The molecule has 5 nitrogen and oxygen atoms in total. The fraction of sp³-hybridized carbons (Fsp3) is 0.571. The van der Waals surface area contributed by atoms with Crippen LogP contribution in [-0.2, 0) is 0 Å². The lowest BCUT2D eigenvalue weighted by molar-refractivity contribution is 0.284. The van der Waals surface area contributed by atoms with Crippen LogP contribution in [0.5, 0.6) is 11.5 Å². The van der Waals surface area contributed by atoms with Gasteiger partial charge in [-0.1, -0.05) is 0 Å². The molecule has 5 heteroatoms. The minimum atomic E-state index is 0.532. The van der Waals surface area contributed by atoms with Gasteiger partial charge in [-0.3, -0.25) is 0 Å². The summed E-state index contributed by atoms with van der Waals surface area (Å²) in [7, 11) is 5.32. The van der Waals surface area contributed by atoms with Gasteiger partial charge in [0.1, 0.15) is 0 Å². The van der Waals surface area contributed by atoms with Gasteiger partial charge >= 0.3 is 0 Å². The molecule has 0 heterocycles. The van der Waals surface area contributed by atoms with E-state index in [1.807, 2.05) is 6.07 Å². The zero-order valence-corrected chi connectivity index (χ0v) is 12.5. The number of nitrogen functional groups attached to an aromatic ring is 1. The molecule has 1 aromatic carbocycles. The minimum absolute atomic E-state index is 0.532. The predicted octanol–water partition coefficient (Wildman–Crippen LogP) is 2.04. The number of rotatable bonds is 7. The summed E-state index contributed by atoms with van der Waals surface area (Å²) in [5.74, 6) is 1.32. The maximum absolute atomic E-state index is 5.99. The molecule has 19 heavy (non-hydrogen) atoms. The van der Waals surface area contributed by atoms with Crippen molar-refractivity contribution in [2.75, 3.05) is 45.4 Å². The summed E-state index contributed by atoms with van der Waals surface area (Å²) < 4.78 is 10.5. The SMILES string of the molecule is COc1cc(N)c(NCCN(C)C(C)C)cc1OC. The number of likely N-dealkylation sites (N-methyl/N-ethyl adjacent to an activating group) is 1. The van der Waals surface area contributed by atoms with E-state index in [-0.39, 0.29) is 0 Å². The Bertz CT molecular complexity index is 408. The molecule has 0 atom stereocenters. The first kappa shape index (κ1) is 15.4. The second-order valence-corrected chi connectivity index (χ2v) is 4.80. The molecule has 0 saturated carbocycles. The number of nitrogens with zero attached hydrogens (tertiary/aromatic N) is 1. The summed E-state index contributed by atoms with van der Waals surface area (Å²) in [6.45, 7) is 6.12. The number of nitrogens with two attached hydrogens (primary N) is 1. The van der Waals surface area contributed by atoms with Crippen molar-refractivity contribution in [2.45, 2.75) is 19.9 Å². The maximum Gasteiger partial charge on any atom is 0.162 e. The van der Waals surface area contributed by atoms with Crippen molar-refractivity contribution in [3.05, 3.63) is 12.1 Å². The molecule has 0 bridgehead atoms. The number of benzene rings is 1. The molecule has 3 N–H and O–H groups in total. The van der Waals surface area contributed by atoms with Crippen molar-refractivity contribution in [3.8, 4) is 11.5 Å². The van der Waals surface area contributed by atoms with Crippen LogP contribution in [0.25, 0.3) is 0 Å². The summed E-state index contributed by atoms with van der Waals surface area (Å²) in [5.41, 5.74) is 7.51. The van der Waals surface area contributed by atoms with Crippen LogP contribution in [0.15, 0.2) is 12.1 Å². The predicted molar refractivity (Wildman–Crippen MR) is 80.2 cm³/mol. The van der Waals surface area contributed by atoms with Gasteiger partial charge in [-0.05, 0) is 20.9 Å². The van der Waals surface area contributed by atoms with Crippen molar-refractivity contribution in [1.82, 2.24) is 4.90 Å². The van der Waals surface area contributed by atoms with Gasteiger partial charge in [-0.15, -0.1) is 0 Å². The Labute approximate surface area is 115 Å². The Kier molecular flexibility index (Phi) is 5.76. The van der Waals surface area contributed by atoms with E-state index in [9.17, 15) is 0 Å². The molecule has 0 spiro atoms. The van der Waals surface area contributed by atoms with Gasteiger partial charge in [0.2, 0.25) is 0 Å². The Morgan fingerprint density at radius 2 is 1.79 bits per heavy atom. The summed E-state index contributed by atoms with van der Waals surface area (Å²) in [6.07, 6.45) is 0. The van der Waals surface area contributed by atoms with Crippen LogP contribution in [0, 0.1) is 0 Å². The minimum Gasteiger partial charge on any atom is -0.493 e. The number of methoxy groups -OCH3 is 2. The third-order valence-electron chi connectivity index (χ3n) is 3.22. The Morgan fingerprint density at radius 3 is 2.32 bits per heavy atom. The molecular weight excluding hydrogens is 242 g/mol. The van der Waals surface area contributed by atoms with E-state index in [1.165, 1.54) is 0 Å². The monoisotopic (exact) mass is 267 g/mol. The molecule has 0 amide bonds. The van der Waals surface area contributed by atoms with Crippen molar-refractivity contribution in [1.29, 1.82) is 0 Å². The van der Waals surface area contributed by atoms with E-state index in [0.29, 0.717) is 23.2 Å². The zero-order chi connectivity index (χ0) is 14.4. The normalized spacial score (nSPS) is 10.9. The molecule has 0 fully saturated rings. The molecule has 0 unspecified atom stereocenters. The van der Waals surface area contributed by atoms with Crippen LogP contribution in [0.2, 0.25) is 0 Å². The van der Waals surface area contributed by atoms with Crippen LogP contribution >= 0.6 is 0 Å². The Balaban J connectivity index is 2.68. The van der Waals surface area contributed by atoms with Gasteiger partial charge in [-0.2, -0.15) is 0 Å². The lowest BCUT2D eigenvalue weighted by Crippen LogP contribution is -2.31. The van der Waals surface area contributed by atoms with Crippen molar-refractivity contribution < 1.29 is 9.47 Å². The standard InChI is InChI=1S/C14H25N3O2/c1-10(2)17(3)7-6-16-12-9-14(19-5)13(18-4)8-11(12)15/h8-10,16H,6-7,15H2,1-5H3. The highest BCUT2D eigenvalue weighted by molar-refractivity contribution is 5.72. The van der Waals surface area contributed by atoms with Crippen LogP contribution in [0.1, 0.15) is 13.8 Å². The van der Waals surface area contributed by atoms with Gasteiger partial charge in [0, 0.05) is 31.3 Å². The van der Waals surface area contributed by atoms with Crippen LogP contribution in [0.4, 0.5) is 11.4 Å². The van der Waals surface area contributed by atoms with Gasteiger partial charge in [0.05, 0.1) is 25.6 Å². The van der Waals surface area contributed by atoms with Crippen molar-refractivity contribution in [3.63, 3.8) is 0 Å². The number of hydrogen-bond acceptors (Lipinski definition) is 5. The highest BCUT2D eigenvalue weighted by atomic mass is 16.5. The molecular formula is C14H25N3O2. The van der Waals surface area contributed by atoms with E-state index in [4.69, 9.17) is 15.2 Å². The highest BCUT2D eigenvalue weighted by Gasteiger charge is 2.09. The Morgan fingerprint density at radius 1 is 1.21 bits per heavy atom. The molecule has 0 aliphatic rings. The average Bonchev–Trinajstić information content (AvgIpc) is 2.39. The fourth-order valence-corrected chi connectivity index (χ4v) is 1.67. The highest BCUT2D eigenvalue weighted by Crippen LogP contribution is 2.34. The quantitative estimate of drug-likeness (QED) is 0.740. The fourth-order valence-electron chi connectivity index (χ4n) is 1.67. The molecule has 0 aliphatic carbocycles. The first-order chi connectivity index (χ1) is 8.99. The molecule has 1 rings (SSSR count). The number of ether oxygens (including phenoxy) is 2. The van der Waals surface area contributed by atoms with Crippen LogP contribution in [0.3, 0.4) is 0 Å². The number of hydrogen-bond donors (Lipinski definition) is 2. The summed E-state index contributed by atoms with van der Waals surface area (Å²) in [6, 6.07) is 4.17. The summed E-state index contributed by atoms with van der Waals surface area (Å²) in [5, 5.41) is 3.32. The molecule has 1 aromatic rings. The zero-order valence-electron chi connectivity index (χ0n) is 12.5. The first-order valence-corrected chi connectivity index (χ1v) is 6.45. The second-order valence-electron chi connectivity index (χ2n) is 4.80. The van der Waals surface area contributed by atoms with Crippen molar-refractivity contribution >= 4 is 11.4 Å². The molecule has 0 radical (unpaired) electrons. The smallest absolute Gasteiger partial charge is 0.162 e. The van der Waals surface area contributed by atoms with Gasteiger partial charge in [0.25, 0.3) is 0 Å². The first-order valence-electron chi connectivity index (χ1n) is 6.45. The van der Waals surface area contributed by atoms with Gasteiger partial charge in [-0.25, -0.2) is 0 Å². The third-order valence-corrected chi connectivity index (χ3v) is 3.22. The Hall–Kier alpha value is -1.62. The van der Waals surface area contributed by atoms with Gasteiger partial charge < -0.3 is 25.4 Å². The lowest BCUT2D eigenvalue weighted by Gasteiger charge is -2.21. The molecule has 108 valence electrons. The summed E-state index contributed by atoms with van der Waals surface area (Å²) in [4.78, 5) is 2.27. The molecule has 0 saturated heterocycles. The molecule has 0 aromatic heterocycles. The van der Waals surface area contributed by atoms with Gasteiger partial charge in [0.15, 0.2) is 11.5 Å². The lowest BCUT2D eigenvalue weighted by atomic mass is 10.2. The number of anilines is 2. The summed E-state index contributed by atoms with van der Waals surface area (Å²) >= 11 is 0. The van der Waals surface area contributed by atoms with E-state index >= 15 is 0 Å². The van der Waals surface area contributed by atoms with Crippen molar-refractivity contribution in [2.24, 2.45) is 0 Å². The second kappa shape index (κ2) is 7.09. The van der Waals surface area contributed by atoms with Crippen LogP contribution in [-0.4, -0.2) is 45.3 Å². The van der Waals surface area contributed by atoms with E-state index < -0.39 is 0 Å². The van der Waals surface area contributed by atoms with E-state index in [0.717, 1.165) is 18.8 Å².